The first-order chi connectivity index (χ1) is 13.8. The lowest BCUT2D eigenvalue weighted by molar-refractivity contribution is -0.142. The fourth-order valence-corrected chi connectivity index (χ4v) is 2.97. The Morgan fingerprint density at radius 1 is 1.10 bits per heavy atom. The van der Waals surface area contributed by atoms with Gasteiger partial charge in [0, 0.05) is 18.1 Å². The van der Waals surface area contributed by atoms with Crippen LogP contribution >= 0.6 is 11.6 Å². The zero-order valence-electron chi connectivity index (χ0n) is 17.4. The number of halogens is 1. The van der Waals surface area contributed by atoms with Crippen LogP contribution < -0.4 is 10.1 Å². The van der Waals surface area contributed by atoms with Crippen molar-refractivity contribution in [3.8, 4) is 5.75 Å². The summed E-state index contributed by atoms with van der Waals surface area (Å²) in [5.41, 5.74) is 2.06. The molecule has 0 saturated carbocycles. The first-order valence-corrected chi connectivity index (χ1v) is 10.2. The van der Waals surface area contributed by atoms with Crippen molar-refractivity contribution in [3.63, 3.8) is 0 Å². The molecule has 0 heterocycles. The number of benzene rings is 2. The minimum absolute atomic E-state index is 0.173. The van der Waals surface area contributed by atoms with Crippen LogP contribution in [-0.4, -0.2) is 35.9 Å². The number of hydrogen-bond donors (Lipinski definition) is 1. The Kier molecular flexibility index (Phi) is 8.52. The molecule has 1 N–H and O–H groups in total. The van der Waals surface area contributed by atoms with Gasteiger partial charge in [0.25, 0.3) is 5.91 Å². The van der Waals surface area contributed by atoms with E-state index in [1.165, 1.54) is 0 Å². The first-order valence-electron chi connectivity index (χ1n) is 9.78. The minimum Gasteiger partial charge on any atom is -0.484 e. The average Bonchev–Trinajstić information content (AvgIpc) is 2.69. The number of aryl methyl sites for hydroxylation is 1. The highest BCUT2D eigenvalue weighted by Gasteiger charge is 2.27. The summed E-state index contributed by atoms with van der Waals surface area (Å²) in [6.45, 7) is 8.51. The molecular weight excluding hydrogens is 388 g/mol. The highest BCUT2D eigenvalue weighted by Crippen LogP contribution is 2.18. The maximum atomic E-state index is 13.0. The molecule has 0 radical (unpaired) electrons. The van der Waals surface area contributed by atoms with Crippen molar-refractivity contribution in [2.75, 3.05) is 13.2 Å². The summed E-state index contributed by atoms with van der Waals surface area (Å²) in [6.07, 6.45) is 0. The molecule has 5 nitrogen and oxygen atoms in total. The molecule has 2 aromatic rings. The molecule has 29 heavy (non-hydrogen) atoms. The second-order valence-corrected chi connectivity index (χ2v) is 7.95. The predicted molar refractivity (Wildman–Crippen MR) is 116 cm³/mol. The van der Waals surface area contributed by atoms with Gasteiger partial charge in [0.1, 0.15) is 11.8 Å². The molecule has 6 heteroatoms. The van der Waals surface area contributed by atoms with Crippen LogP contribution in [0, 0.1) is 12.8 Å². The molecule has 0 aliphatic rings. The summed E-state index contributed by atoms with van der Waals surface area (Å²) >= 11 is 5.97. The first kappa shape index (κ1) is 22.8. The topological polar surface area (TPSA) is 58.6 Å². The monoisotopic (exact) mass is 416 g/mol. The van der Waals surface area contributed by atoms with Crippen molar-refractivity contribution in [2.45, 2.75) is 40.3 Å². The van der Waals surface area contributed by atoms with Crippen molar-refractivity contribution in [1.82, 2.24) is 10.2 Å². The molecule has 156 valence electrons. The average molecular weight is 417 g/mol. The summed E-state index contributed by atoms with van der Waals surface area (Å²) in [6, 6.07) is 14.1. The van der Waals surface area contributed by atoms with Crippen molar-refractivity contribution in [2.24, 2.45) is 5.92 Å². The molecule has 1 atom stereocenters. The smallest absolute Gasteiger partial charge is 0.261 e. The van der Waals surface area contributed by atoms with E-state index in [2.05, 4.69) is 5.32 Å². The van der Waals surface area contributed by atoms with E-state index < -0.39 is 6.04 Å². The molecule has 2 rings (SSSR count). The van der Waals surface area contributed by atoms with Crippen LogP contribution in [0.3, 0.4) is 0 Å². The number of nitrogens with zero attached hydrogens (tertiary/aromatic N) is 1. The fraction of sp³-hybridized carbons (Fsp3) is 0.391. The number of ether oxygens (including phenoxy) is 1. The van der Waals surface area contributed by atoms with Gasteiger partial charge in [-0.05, 0) is 49.1 Å². The predicted octanol–water partition coefficient (Wildman–Crippen LogP) is 4.22. The number of hydrogen-bond acceptors (Lipinski definition) is 3. The molecule has 0 bridgehead atoms. The Hall–Kier alpha value is -2.53. The number of nitrogens with one attached hydrogen (secondary N) is 1. The zero-order chi connectivity index (χ0) is 21.4. The van der Waals surface area contributed by atoms with Gasteiger partial charge in [-0.2, -0.15) is 0 Å². The summed E-state index contributed by atoms with van der Waals surface area (Å²) in [4.78, 5) is 27.2. The third-order valence-electron chi connectivity index (χ3n) is 4.61. The highest BCUT2D eigenvalue weighted by molar-refractivity contribution is 6.30. The summed E-state index contributed by atoms with van der Waals surface area (Å²) in [5, 5.41) is 3.44. The van der Waals surface area contributed by atoms with Crippen LogP contribution in [-0.2, 0) is 16.1 Å². The lowest BCUT2D eigenvalue weighted by Gasteiger charge is -2.29. The largest absolute Gasteiger partial charge is 0.484 e. The molecule has 2 amide bonds. The van der Waals surface area contributed by atoms with Gasteiger partial charge in [-0.15, -0.1) is 0 Å². The van der Waals surface area contributed by atoms with Crippen molar-refractivity contribution >= 4 is 23.4 Å². The number of amides is 2. The van der Waals surface area contributed by atoms with Gasteiger partial charge in [-0.25, -0.2) is 0 Å². The standard InChI is InChI=1S/C23H29ClN2O3/c1-16(2)13-25-23(28)18(4)26(14-19-9-6-5-8-17(19)3)22(27)15-29-21-11-7-10-20(24)12-21/h5-12,16,18H,13-15H2,1-4H3,(H,25,28). The molecular formula is C23H29ClN2O3. The molecule has 0 aliphatic carbocycles. The van der Waals surface area contributed by atoms with Gasteiger partial charge < -0.3 is 15.0 Å². The van der Waals surface area contributed by atoms with Crippen LogP contribution in [0.5, 0.6) is 5.75 Å². The third kappa shape index (κ3) is 7.09. The number of carbonyl (C=O) groups is 2. The molecule has 2 aromatic carbocycles. The van der Waals surface area contributed by atoms with Gasteiger partial charge in [0.05, 0.1) is 0 Å². The van der Waals surface area contributed by atoms with Gasteiger partial charge >= 0.3 is 0 Å². The third-order valence-corrected chi connectivity index (χ3v) is 4.85. The number of rotatable bonds is 9. The Balaban J connectivity index is 2.14. The minimum atomic E-state index is -0.621. The van der Waals surface area contributed by atoms with Crippen LogP contribution in [0.4, 0.5) is 0 Å². The maximum absolute atomic E-state index is 13.0. The highest BCUT2D eigenvalue weighted by atomic mass is 35.5. The zero-order valence-corrected chi connectivity index (χ0v) is 18.2. The molecule has 1 unspecified atom stereocenters. The fourth-order valence-electron chi connectivity index (χ4n) is 2.79. The lowest BCUT2D eigenvalue weighted by Crippen LogP contribution is -2.49. The van der Waals surface area contributed by atoms with Gasteiger partial charge in [-0.3, -0.25) is 9.59 Å². The Bertz CT molecular complexity index is 838. The van der Waals surface area contributed by atoms with Crippen molar-refractivity contribution in [3.05, 3.63) is 64.7 Å². The summed E-state index contributed by atoms with van der Waals surface area (Å²) in [7, 11) is 0. The van der Waals surface area contributed by atoms with Gasteiger partial charge in [-0.1, -0.05) is 55.8 Å². The Morgan fingerprint density at radius 3 is 2.48 bits per heavy atom. The molecule has 0 aliphatic heterocycles. The van der Waals surface area contributed by atoms with Gasteiger partial charge in [0.2, 0.25) is 5.91 Å². The second-order valence-electron chi connectivity index (χ2n) is 7.51. The van der Waals surface area contributed by atoms with Crippen LogP contribution in [0.25, 0.3) is 0 Å². The Morgan fingerprint density at radius 2 is 1.83 bits per heavy atom. The quantitative estimate of drug-likeness (QED) is 0.665. The summed E-state index contributed by atoms with van der Waals surface area (Å²) < 4.78 is 5.62. The SMILES string of the molecule is Cc1ccccc1CN(C(=O)COc1cccc(Cl)c1)C(C)C(=O)NCC(C)C. The van der Waals surface area contributed by atoms with E-state index in [1.54, 1.807) is 36.1 Å². The van der Waals surface area contributed by atoms with E-state index in [4.69, 9.17) is 16.3 Å². The van der Waals surface area contributed by atoms with Crippen LogP contribution in [0.15, 0.2) is 48.5 Å². The maximum Gasteiger partial charge on any atom is 0.261 e. The van der Waals surface area contributed by atoms with E-state index in [0.717, 1.165) is 11.1 Å². The van der Waals surface area contributed by atoms with E-state index in [0.29, 0.717) is 29.8 Å². The molecule has 0 saturated heterocycles. The second kappa shape index (κ2) is 10.9. The van der Waals surface area contributed by atoms with Gasteiger partial charge in [0.15, 0.2) is 6.61 Å². The van der Waals surface area contributed by atoms with Crippen molar-refractivity contribution in [1.29, 1.82) is 0 Å². The lowest BCUT2D eigenvalue weighted by atomic mass is 10.1. The summed E-state index contributed by atoms with van der Waals surface area (Å²) in [5.74, 6) is 0.403. The molecule has 0 fully saturated rings. The molecule has 0 aromatic heterocycles. The normalized spacial score (nSPS) is 11.8. The Labute approximate surface area is 178 Å². The van der Waals surface area contributed by atoms with E-state index in [-0.39, 0.29) is 18.4 Å². The van der Waals surface area contributed by atoms with E-state index >= 15 is 0 Å². The van der Waals surface area contributed by atoms with Crippen molar-refractivity contribution < 1.29 is 14.3 Å². The van der Waals surface area contributed by atoms with E-state index in [1.807, 2.05) is 45.0 Å². The van der Waals surface area contributed by atoms with Crippen LogP contribution in [0.1, 0.15) is 31.9 Å². The van der Waals surface area contributed by atoms with E-state index in [9.17, 15) is 9.59 Å². The molecule has 0 spiro atoms. The van der Waals surface area contributed by atoms with Crippen LogP contribution in [0.2, 0.25) is 5.02 Å². The number of carbonyl (C=O) groups excluding carboxylic acids is 2.